The van der Waals surface area contributed by atoms with Crippen LogP contribution in [0.15, 0.2) is 0 Å². The smallest absolute Gasteiger partial charge is 0.416 e. The highest BCUT2D eigenvalue weighted by Gasteiger charge is 2.57. The van der Waals surface area contributed by atoms with Gasteiger partial charge in [-0.25, -0.2) is 0 Å². The maximum atomic E-state index is 7.39. The van der Waals surface area contributed by atoms with E-state index in [1.807, 2.05) is 0 Å². The molecule has 312 valence electrons. The molecule has 0 aromatic rings. The maximum Gasteiger partial charge on any atom is 0.500 e. The maximum absolute atomic E-state index is 7.39. The zero-order chi connectivity index (χ0) is 39.8. The monoisotopic (exact) mass is 888 g/mol. The van der Waals surface area contributed by atoms with Crippen LogP contribution < -0.4 is 0 Å². The van der Waals surface area contributed by atoms with Crippen molar-refractivity contribution in [3.05, 3.63) is 0 Å². The van der Waals surface area contributed by atoms with E-state index in [0.29, 0.717) is 48.4 Å². The highest BCUT2D eigenvalue weighted by molar-refractivity contribution is 6.94. The predicted octanol–water partition coefficient (Wildman–Crippen LogP) is 5.43. The Hall–Kier alpha value is 1.10. The average molecular weight is 890 g/mol. The molecule has 0 unspecified atom stereocenters. The summed E-state index contributed by atoms with van der Waals surface area (Å²) in [6.07, 6.45) is 2.91. The third kappa shape index (κ3) is 14.8. The molecule has 0 aromatic carbocycles. The third-order valence-corrected chi connectivity index (χ3v) is 40.1. The number of rotatable bonds is 28. The fourth-order valence-electron chi connectivity index (χ4n) is 7.05. The topological polar surface area (TPSA) is 148 Å². The van der Waals surface area contributed by atoms with Crippen LogP contribution in [0.5, 0.6) is 0 Å². The van der Waals surface area contributed by atoms with Gasteiger partial charge in [-0.2, -0.15) is 0 Å². The molecule has 1 saturated heterocycles. The van der Waals surface area contributed by atoms with Crippen molar-refractivity contribution in [2.45, 2.75) is 100 Å². The van der Waals surface area contributed by atoms with Gasteiger partial charge in [0.15, 0.2) is 0 Å². The lowest BCUT2D eigenvalue weighted by atomic mass is 10.6. The van der Waals surface area contributed by atoms with E-state index in [4.69, 9.17) is 69.6 Å². The molecular weight excluding hydrogens is 817 g/mol. The van der Waals surface area contributed by atoms with Gasteiger partial charge in [0.25, 0.3) is 0 Å². The lowest BCUT2D eigenvalue weighted by Gasteiger charge is -2.50. The summed E-state index contributed by atoms with van der Waals surface area (Å²) in [5.41, 5.74) is 0. The molecule has 1 heterocycles. The second kappa shape index (κ2) is 22.9. The van der Waals surface area contributed by atoms with Crippen LogP contribution in [-0.2, 0) is 69.6 Å². The second-order valence-corrected chi connectivity index (χ2v) is 40.2. The average Bonchev–Trinajstić information content (AvgIpc) is 3.12. The van der Waals surface area contributed by atoms with Crippen molar-refractivity contribution in [3.8, 4) is 0 Å². The Bertz CT molecular complexity index is 798. The lowest BCUT2D eigenvalue weighted by Crippen LogP contribution is -2.67. The van der Waals surface area contributed by atoms with E-state index < -0.39 is 69.5 Å². The molecule has 1 aliphatic heterocycles. The molecule has 0 radical (unpaired) electrons. The Morgan fingerprint density at radius 1 is 0.288 bits per heavy atom. The summed E-state index contributed by atoms with van der Waals surface area (Å²) < 4.78 is 98.5. The van der Waals surface area contributed by atoms with Gasteiger partial charge < -0.3 is 69.6 Å². The molecule has 0 amide bonds. The van der Waals surface area contributed by atoms with Crippen LogP contribution in [0.1, 0.15) is 25.7 Å². The molecule has 0 spiro atoms. The molecule has 1 rings (SSSR count). The first-order valence-electron chi connectivity index (χ1n) is 17.8. The molecule has 1 aliphatic rings. The van der Waals surface area contributed by atoms with Crippen molar-refractivity contribution in [2.24, 2.45) is 0 Å². The van der Waals surface area contributed by atoms with E-state index in [2.05, 4.69) is 26.2 Å². The van der Waals surface area contributed by atoms with Gasteiger partial charge in [0, 0.05) is 109 Å². The van der Waals surface area contributed by atoms with Crippen LogP contribution in [0, 0.1) is 0 Å². The Morgan fingerprint density at radius 3 is 0.538 bits per heavy atom. The molecule has 52 heavy (non-hydrogen) atoms. The van der Waals surface area contributed by atoms with Gasteiger partial charge in [0.05, 0.1) is 0 Å². The molecule has 24 heteroatoms. The van der Waals surface area contributed by atoms with E-state index >= 15 is 0 Å². The normalized spacial score (nSPS) is 26.8. The fraction of sp³-hybridized carbons (Fsp3) is 1.00. The van der Waals surface area contributed by atoms with Crippen LogP contribution in [0.3, 0.4) is 0 Å². The van der Waals surface area contributed by atoms with E-state index in [9.17, 15) is 0 Å². The summed E-state index contributed by atoms with van der Waals surface area (Å²) in [7, 11) is -3.62. The summed E-state index contributed by atoms with van der Waals surface area (Å²) in [5.74, 6) is 0. The van der Waals surface area contributed by atoms with Crippen LogP contribution in [0.25, 0.3) is 0 Å². The molecule has 0 aliphatic carbocycles. The van der Waals surface area contributed by atoms with E-state index in [-0.39, 0.29) is 0 Å². The van der Waals surface area contributed by atoms with Gasteiger partial charge in [-0.15, -0.1) is 0 Å². The summed E-state index contributed by atoms with van der Waals surface area (Å²) in [6.45, 7) is 8.57. The van der Waals surface area contributed by atoms with Crippen LogP contribution >= 0.6 is 0 Å². The van der Waals surface area contributed by atoms with Crippen LogP contribution in [-0.4, -0.2) is 155 Å². The molecule has 16 nitrogen and oxygen atoms in total. The van der Waals surface area contributed by atoms with Crippen molar-refractivity contribution in [1.29, 1.82) is 0 Å². The Labute approximate surface area is 323 Å². The lowest BCUT2D eigenvalue weighted by molar-refractivity contribution is 0.122. The molecule has 0 bridgehead atoms. The van der Waals surface area contributed by atoms with Gasteiger partial charge in [0.2, 0.25) is 0 Å². The van der Waals surface area contributed by atoms with Gasteiger partial charge in [-0.3, -0.25) is 0 Å². The molecule has 0 aromatic heterocycles. The van der Waals surface area contributed by atoms with Crippen molar-refractivity contribution in [2.75, 3.05) is 85.3 Å². The van der Waals surface area contributed by atoms with Gasteiger partial charge in [-0.1, -0.05) is 0 Å². The first kappa shape index (κ1) is 51.1. The molecule has 0 atom stereocenters. The van der Waals surface area contributed by atoms with Gasteiger partial charge >= 0.3 is 69.5 Å². The minimum atomic E-state index is -2.98. The van der Waals surface area contributed by atoms with Crippen LogP contribution in [0.4, 0.5) is 0 Å². The standard InChI is InChI=1S/C28H72O16Si8/c1-29-49(30-2,31-3)25-17-21-45(13)41-46(14,22-18-26-50(32-4,33-5)34-6)43-48(16,24-20-28-52(38-10,39-11)40-12)44-47(15,42-45)23-19-27-51(35-7,36-8)37-9/h17-28H2,1-16H3. The van der Waals surface area contributed by atoms with E-state index in [1.165, 1.54) is 0 Å². The van der Waals surface area contributed by atoms with E-state index in [0.717, 1.165) is 25.7 Å². The molecule has 0 saturated carbocycles. The van der Waals surface area contributed by atoms with Crippen LogP contribution in [0.2, 0.25) is 74.5 Å². The highest BCUT2D eigenvalue weighted by Crippen LogP contribution is 2.41. The minimum Gasteiger partial charge on any atom is -0.416 e. The quantitative estimate of drug-likeness (QED) is 0.0920. The first-order valence-corrected chi connectivity index (χ1v) is 35.6. The largest absolute Gasteiger partial charge is 0.500 e. The summed E-state index contributed by atoms with van der Waals surface area (Å²) in [6, 6.07) is 5.19. The Morgan fingerprint density at radius 2 is 0.423 bits per heavy atom. The number of hydrogen-bond acceptors (Lipinski definition) is 16. The summed E-state index contributed by atoms with van der Waals surface area (Å²) in [4.78, 5) is 0. The van der Waals surface area contributed by atoms with Gasteiger partial charge in [-0.05, 0) is 76.0 Å². The van der Waals surface area contributed by atoms with Gasteiger partial charge in [0.1, 0.15) is 0 Å². The third-order valence-electron chi connectivity index (χ3n) is 9.91. The second-order valence-electron chi connectivity index (χ2n) is 13.5. The Kier molecular flexibility index (Phi) is 22.5. The summed E-state index contributed by atoms with van der Waals surface area (Å²) >= 11 is 0. The van der Waals surface area contributed by atoms with Crippen molar-refractivity contribution in [1.82, 2.24) is 0 Å². The Balaban J connectivity index is 3.64. The zero-order valence-electron chi connectivity index (χ0n) is 35.0. The van der Waals surface area contributed by atoms with Crippen molar-refractivity contribution < 1.29 is 69.6 Å². The van der Waals surface area contributed by atoms with Crippen molar-refractivity contribution >= 4 is 69.5 Å². The predicted molar refractivity (Wildman–Crippen MR) is 215 cm³/mol. The SMILES string of the molecule is CO[Si](CCC[Si]1(C)O[Si](C)(CCC[Si](OC)(OC)OC)O[Si](C)(CCC[Si](OC)(OC)OC)O[Si](C)(CCC[Si](OC)(OC)OC)O1)(OC)OC. The van der Waals surface area contributed by atoms with E-state index in [1.54, 1.807) is 85.3 Å². The zero-order valence-corrected chi connectivity index (χ0v) is 43.0. The fourth-order valence-corrected chi connectivity index (χ4v) is 38.7. The molecular formula is C28H72O16Si8. The highest BCUT2D eigenvalue weighted by atomic mass is 28.5. The summed E-state index contributed by atoms with van der Waals surface area (Å²) in [5, 5.41) is 0. The molecule has 0 N–H and O–H groups in total. The first-order chi connectivity index (χ1) is 24.4. The molecule has 1 fully saturated rings. The number of hydrogen-bond donors (Lipinski definition) is 0. The van der Waals surface area contributed by atoms with Crippen molar-refractivity contribution in [3.63, 3.8) is 0 Å². The minimum absolute atomic E-state index is 0.619.